The van der Waals surface area contributed by atoms with Gasteiger partial charge in [0.1, 0.15) is 6.61 Å². The van der Waals surface area contributed by atoms with Gasteiger partial charge in [0.05, 0.1) is 5.69 Å². The summed E-state index contributed by atoms with van der Waals surface area (Å²) in [6, 6.07) is 23.0. The summed E-state index contributed by atoms with van der Waals surface area (Å²) >= 11 is 5.96. The minimum absolute atomic E-state index is 0.0138. The number of hydrogen-bond donors (Lipinski definition) is 0. The van der Waals surface area contributed by atoms with Crippen LogP contribution in [0.15, 0.2) is 72.8 Å². The average Bonchev–Trinajstić information content (AvgIpc) is 2.90. The third-order valence-corrected chi connectivity index (χ3v) is 6.53. The van der Waals surface area contributed by atoms with Gasteiger partial charge in [-0.3, -0.25) is 19.3 Å². The molecule has 3 aromatic rings. The first-order valence-corrected chi connectivity index (χ1v) is 12.2. The van der Waals surface area contributed by atoms with Gasteiger partial charge in [-0.15, -0.1) is 0 Å². The molecule has 35 heavy (non-hydrogen) atoms. The highest BCUT2D eigenvalue weighted by Crippen LogP contribution is 2.23. The Balaban J connectivity index is 1.30. The second-order valence-electron chi connectivity index (χ2n) is 8.70. The van der Waals surface area contributed by atoms with Crippen molar-refractivity contribution in [2.24, 2.45) is 0 Å². The van der Waals surface area contributed by atoms with Gasteiger partial charge >= 0.3 is 0 Å². The highest BCUT2D eigenvalue weighted by Gasteiger charge is 2.23. The number of rotatable bonds is 9. The van der Waals surface area contributed by atoms with E-state index in [1.807, 2.05) is 60.4 Å². The van der Waals surface area contributed by atoms with Crippen LogP contribution in [-0.2, 0) is 22.7 Å². The van der Waals surface area contributed by atoms with Gasteiger partial charge in [0.15, 0.2) is 0 Å². The van der Waals surface area contributed by atoms with Crippen molar-refractivity contribution in [1.29, 1.82) is 0 Å². The number of nitrogens with zero attached hydrogens (tertiary/aromatic N) is 3. The first-order chi connectivity index (χ1) is 17.0. The molecule has 0 saturated carbocycles. The predicted molar refractivity (Wildman–Crippen MR) is 138 cm³/mol. The normalized spacial score (nSPS) is 14.1. The number of halogens is 1. The first kappa shape index (κ1) is 24.9. The highest BCUT2D eigenvalue weighted by molar-refractivity contribution is 6.30. The van der Waals surface area contributed by atoms with Gasteiger partial charge in [0.2, 0.25) is 6.41 Å². The molecule has 0 atom stereocenters. The van der Waals surface area contributed by atoms with Crippen LogP contribution < -0.4 is 5.06 Å². The first-order valence-electron chi connectivity index (χ1n) is 11.8. The molecule has 1 aliphatic heterocycles. The summed E-state index contributed by atoms with van der Waals surface area (Å²) in [5, 5.41) is 1.97. The van der Waals surface area contributed by atoms with E-state index in [0.29, 0.717) is 30.8 Å². The van der Waals surface area contributed by atoms with Crippen molar-refractivity contribution < 1.29 is 14.4 Å². The van der Waals surface area contributed by atoms with Crippen molar-refractivity contribution >= 4 is 29.6 Å². The summed E-state index contributed by atoms with van der Waals surface area (Å²) in [7, 11) is 0. The van der Waals surface area contributed by atoms with Crippen LogP contribution in [0.4, 0.5) is 5.69 Å². The summed E-state index contributed by atoms with van der Waals surface area (Å²) in [4.78, 5) is 34.7. The summed E-state index contributed by atoms with van der Waals surface area (Å²) in [6.07, 6.45) is 1.61. The second kappa shape index (κ2) is 12.0. The largest absolute Gasteiger partial charge is 0.336 e. The lowest BCUT2D eigenvalue weighted by atomic mass is 10.1. The van der Waals surface area contributed by atoms with E-state index in [4.69, 9.17) is 16.4 Å². The average molecular weight is 492 g/mol. The van der Waals surface area contributed by atoms with Crippen LogP contribution in [0.5, 0.6) is 0 Å². The minimum atomic E-state index is 0.0138. The van der Waals surface area contributed by atoms with Crippen LogP contribution in [0.3, 0.4) is 0 Å². The van der Waals surface area contributed by atoms with E-state index in [-0.39, 0.29) is 12.5 Å². The van der Waals surface area contributed by atoms with Gasteiger partial charge in [0.25, 0.3) is 5.91 Å². The van der Waals surface area contributed by atoms with E-state index < -0.39 is 0 Å². The van der Waals surface area contributed by atoms with E-state index in [9.17, 15) is 9.59 Å². The summed E-state index contributed by atoms with van der Waals surface area (Å²) < 4.78 is 0. The molecular formula is C28H30ClN3O3. The van der Waals surface area contributed by atoms with Crippen LogP contribution in [0, 0.1) is 6.92 Å². The zero-order chi connectivity index (χ0) is 24.6. The smallest absolute Gasteiger partial charge is 0.253 e. The molecule has 0 N–H and O–H groups in total. The van der Waals surface area contributed by atoms with Crippen LogP contribution in [0.2, 0.25) is 5.02 Å². The Morgan fingerprint density at radius 1 is 0.971 bits per heavy atom. The fraction of sp³-hybridized carbons (Fsp3) is 0.286. The third-order valence-electron chi connectivity index (χ3n) is 6.28. The van der Waals surface area contributed by atoms with Crippen LogP contribution >= 0.6 is 11.6 Å². The predicted octanol–water partition coefficient (Wildman–Crippen LogP) is 4.74. The van der Waals surface area contributed by atoms with E-state index in [2.05, 4.69) is 17.0 Å². The number of hydrogen-bond acceptors (Lipinski definition) is 4. The van der Waals surface area contributed by atoms with Gasteiger partial charge < -0.3 is 4.90 Å². The lowest BCUT2D eigenvalue weighted by Gasteiger charge is -2.35. The highest BCUT2D eigenvalue weighted by atomic mass is 35.5. The van der Waals surface area contributed by atoms with Crippen molar-refractivity contribution in [3.05, 3.63) is 100 Å². The Bertz CT molecular complexity index is 1130. The zero-order valence-corrected chi connectivity index (χ0v) is 20.7. The van der Waals surface area contributed by atoms with Crippen LogP contribution in [-0.4, -0.2) is 54.8 Å². The van der Waals surface area contributed by atoms with Crippen LogP contribution in [0.1, 0.15) is 27.0 Å². The summed E-state index contributed by atoms with van der Waals surface area (Å²) in [5.41, 5.74) is 4.28. The van der Waals surface area contributed by atoms with Gasteiger partial charge in [0, 0.05) is 43.3 Å². The van der Waals surface area contributed by atoms with Gasteiger partial charge in [-0.25, -0.2) is 0 Å². The molecule has 1 heterocycles. The molecule has 0 aliphatic carbocycles. The molecule has 0 radical (unpaired) electrons. The molecule has 2 amide bonds. The van der Waals surface area contributed by atoms with Crippen LogP contribution in [0.25, 0.3) is 0 Å². The summed E-state index contributed by atoms with van der Waals surface area (Å²) in [5.74, 6) is 0.0138. The number of anilines is 1. The maximum absolute atomic E-state index is 13.1. The topological polar surface area (TPSA) is 53.1 Å². The Labute approximate surface area is 211 Å². The Morgan fingerprint density at radius 3 is 2.34 bits per heavy atom. The van der Waals surface area contributed by atoms with E-state index in [1.165, 1.54) is 10.6 Å². The molecule has 1 aliphatic rings. The summed E-state index contributed by atoms with van der Waals surface area (Å²) in [6.45, 7) is 6.21. The van der Waals surface area contributed by atoms with E-state index in [1.54, 1.807) is 12.1 Å². The Hall–Kier alpha value is -3.19. The van der Waals surface area contributed by atoms with E-state index in [0.717, 1.165) is 42.2 Å². The standard InChI is InChI=1S/C28H30ClN3O3/c1-22-19-25(9-12-27(22)32(21-33)35-20-24-5-3-2-4-6-24)28(34)31-17-15-30(16-18-31)14-13-23-7-10-26(29)11-8-23/h2-12,19,21H,13-18,20H2,1H3. The Morgan fingerprint density at radius 2 is 1.69 bits per heavy atom. The molecule has 1 fully saturated rings. The monoisotopic (exact) mass is 491 g/mol. The Kier molecular flexibility index (Phi) is 8.53. The lowest BCUT2D eigenvalue weighted by Crippen LogP contribution is -2.49. The molecule has 1 saturated heterocycles. The molecule has 4 rings (SSSR count). The van der Waals surface area contributed by atoms with Crippen molar-refractivity contribution in [2.75, 3.05) is 37.8 Å². The second-order valence-corrected chi connectivity index (χ2v) is 9.14. The molecule has 182 valence electrons. The van der Waals surface area contributed by atoms with Crippen molar-refractivity contribution in [1.82, 2.24) is 9.80 Å². The fourth-order valence-electron chi connectivity index (χ4n) is 4.21. The van der Waals surface area contributed by atoms with Gasteiger partial charge in [-0.05, 0) is 60.4 Å². The molecule has 0 spiro atoms. The van der Waals surface area contributed by atoms with Crippen molar-refractivity contribution in [3.63, 3.8) is 0 Å². The molecular weight excluding hydrogens is 462 g/mol. The number of amides is 2. The van der Waals surface area contributed by atoms with E-state index >= 15 is 0 Å². The number of carbonyl (C=O) groups excluding carboxylic acids is 2. The molecule has 0 unspecified atom stereocenters. The SMILES string of the molecule is Cc1cc(C(=O)N2CCN(CCc3ccc(Cl)cc3)CC2)ccc1N(C=O)OCc1ccccc1. The maximum Gasteiger partial charge on any atom is 0.253 e. The third kappa shape index (κ3) is 6.69. The number of aryl methyl sites for hydroxylation is 1. The van der Waals surface area contributed by atoms with Gasteiger partial charge in [-0.2, -0.15) is 5.06 Å². The quantitative estimate of drug-likeness (QED) is 0.320. The molecule has 0 bridgehead atoms. The maximum atomic E-state index is 13.1. The molecule has 0 aromatic heterocycles. The lowest BCUT2D eigenvalue weighted by molar-refractivity contribution is -0.114. The molecule has 7 heteroatoms. The molecule has 3 aromatic carbocycles. The number of carbonyl (C=O) groups is 2. The number of piperazine rings is 1. The zero-order valence-electron chi connectivity index (χ0n) is 19.9. The number of benzene rings is 3. The number of hydroxylamine groups is 1. The fourth-order valence-corrected chi connectivity index (χ4v) is 4.33. The van der Waals surface area contributed by atoms with Gasteiger partial charge in [-0.1, -0.05) is 54.1 Å². The molecule has 6 nitrogen and oxygen atoms in total. The minimum Gasteiger partial charge on any atom is -0.336 e. The van der Waals surface area contributed by atoms with Crippen molar-refractivity contribution in [2.45, 2.75) is 20.0 Å². The van der Waals surface area contributed by atoms with Crippen molar-refractivity contribution in [3.8, 4) is 0 Å².